The van der Waals surface area contributed by atoms with Crippen molar-refractivity contribution in [3.05, 3.63) is 53.3 Å². The molecule has 1 heterocycles. The molecule has 1 aromatic rings. The van der Waals surface area contributed by atoms with E-state index < -0.39 is 0 Å². The number of aryl methyl sites for hydroxylation is 1. The van der Waals surface area contributed by atoms with Crippen molar-refractivity contribution in [3.63, 3.8) is 0 Å². The zero-order valence-electron chi connectivity index (χ0n) is 16.4. The van der Waals surface area contributed by atoms with Gasteiger partial charge < -0.3 is 15.3 Å². The summed E-state index contributed by atoms with van der Waals surface area (Å²) in [5.41, 5.74) is 2.89. The molecule has 0 spiro atoms. The molecule has 1 unspecified atom stereocenters. The molecule has 0 fully saturated rings. The lowest BCUT2D eigenvalue weighted by Gasteiger charge is -2.23. The van der Waals surface area contributed by atoms with E-state index in [4.69, 9.17) is 0 Å². The van der Waals surface area contributed by atoms with Crippen LogP contribution in [0.2, 0.25) is 0 Å². The second kappa shape index (κ2) is 10.1. The number of nitrogens with one attached hydrogen (secondary N) is 1. The number of aliphatic imine (C=N–C) groups is 1. The SMILES string of the molecule is CCN(CCN(C)C)Cc1cc(C)cc(C=NCC2C=CC=CN2)c1O. The first kappa shape index (κ1) is 20.2. The second-order valence-corrected chi connectivity index (χ2v) is 7.05. The monoisotopic (exact) mass is 356 g/mol. The molecule has 0 saturated carbocycles. The molecule has 1 aliphatic rings. The lowest BCUT2D eigenvalue weighted by Crippen LogP contribution is -2.31. The first-order chi connectivity index (χ1) is 12.5. The molecule has 0 radical (unpaired) electrons. The number of hydrogen-bond donors (Lipinski definition) is 2. The highest BCUT2D eigenvalue weighted by Gasteiger charge is 2.12. The van der Waals surface area contributed by atoms with Gasteiger partial charge in [0.05, 0.1) is 12.6 Å². The number of phenolic OH excluding ortho intramolecular Hbond substituents is 1. The third-order valence-electron chi connectivity index (χ3n) is 4.46. The summed E-state index contributed by atoms with van der Waals surface area (Å²) < 4.78 is 0. The molecular formula is C21H32N4O. The minimum atomic E-state index is 0.212. The number of aromatic hydroxyl groups is 1. The number of rotatable bonds is 9. The van der Waals surface area contributed by atoms with E-state index in [0.29, 0.717) is 12.3 Å². The lowest BCUT2D eigenvalue weighted by molar-refractivity contribution is 0.241. The first-order valence-electron chi connectivity index (χ1n) is 9.28. The molecule has 2 rings (SSSR count). The van der Waals surface area contributed by atoms with Gasteiger partial charge in [0.25, 0.3) is 0 Å². The maximum Gasteiger partial charge on any atom is 0.128 e. The van der Waals surface area contributed by atoms with Gasteiger partial charge in [0.1, 0.15) is 5.75 Å². The van der Waals surface area contributed by atoms with E-state index in [1.165, 1.54) is 0 Å². The summed E-state index contributed by atoms with van der Waals surface area (Å²) in [4.78, 5) is 9.04. The summed E-state index contributed by atoms with van der Waals surface area (Å²) in [6.45, 7) is 8.55. The highest BCUT2D eigenvalue weighted by atomic mass is 16.3. The number of likely N-dealkylation sites (N-methyl/N-ethyl adjacent to an activating group) is 2. The molecular weight excluding hydrogens is 324 g/mol. The fraction of sp³-hybridized carbons (Fsp3) is 0.476. The molecule has 1 atom stereocenters. The van der Waals surface area contributed by atoms with Gasteiger partial charge >= 0.3 is 0 Å². The Kier molecular flexibility index (Phi) is 7.88. The summed E-state index contributed by atoms with van der Waals surface area (Å²) in [7, 11) is 4.16. The van der Waals surface area contributed by atoms with E-state index in [1.54, 1.807) is 6.21 Å². The van der Waals surface area contributed by atoms with Gasteiger partial charge in [-0.3, -0.25) is 9.89 Å². The molecule has 142 valence electrons. The van der Waals surface area contributed by atoms with E-state index in [2.05, 4.69) is 60.2 Å². The van der Waals surface area contributed by atoms with Gasteiger partial charge in [0.15, 0.2) is 0 Å². The molecule has 26 heavy (non-hydrogen) atoms. The fourth-order valence-electron chi connectivity index (χ4n) is 2.90. The van der Waals surface area contributed by atoms with Crippen LogP contribution in [0.4, 0.5) is 0 Å². The Bertz CT molecular complexity index is 664. The average Bonchev–Trinajstić information content (AvgIpc) is 2.62. The number of allylic oxidation sites excluding steroid dienone is 2. The van der Waals surface area contributed by atoms with E-state index in [1.807, 2.05) is 24.4 Å². The number of benzene rings is 1. The number of phenols is 1. The minimum Gasteiger partial charge on any atom is -0.507 e. The number of dihydropyridines is 1. The Hall–Kier alpha value is -2.11. The van der Waals surface area contributed by atoms with Crippen LogP contribution >= 0.6 is 0 Å². The quantitative estimate of drug-likeness (QED) is 0.668. The van der Waals surface area contributed by atoms with Gasteiger partial charge in [0, 0.05) is 37.0 Å². The molecule has 0 saturated heterocycles. The van der Waals surface area contributed by atoms with Crippen molar-refractivity contribution in [2.45, 2.75) is 26.4 Å². The Morgan fingerprint density at radius 3 is 2.69 bits per heavy atom. The maximum absolute atomic E-state index is 10.7. The van der Waals surface area contributed by atoms with Gasteiger partial charge in [0.2, 0.25) is 0 Å². The highest BCUT2D eigenvalue weighted by molar-refractivity contribution is 5.84. The van der Waals surface area contributed by atoms with Crippen LogP contribution in [0.3, 0.4) is 0 Å². The molecule has 0 aromatic heterocycles. The smallest absolute Gasteiger partial charge is 0.128 e. The van der Waals surface area contributed by atoms with Crippen molar-refractivity contribution < 1.29 is 5.11 Å². The lowest BCUT2D eigenvalue weighted by atomic mass is 10.0. The first-order valence-corrected chi connectivity index (χ1v) is 9.28. The molecule has 5 nitrogen and oxygen atoms in total. The van der Waals surface area contributed by atoms with Crippen molar-refractivity contribution in [1.82, 2.24) is 15.1 Å². The van der Waals surface area contributed by atoms with E-state index in [0.717, 1.165) is 42.9 Å². The Morgan fingerprint density at radius 1 is 1.23 bits per heavy atom. The zero-order chi connectivity index (χ0) is 18.9. The third-order valence-corrected chi connectivity index (χ3v) is 4.46. The Balaban J connectivity index is 2.06. The van der Waals surface area contributed by atoms with Gasteiger partial charge in [-0.25, -0.2) is 0 Å². The molecule has 1 aromatic carbocycles. The van der Waals surface area contributed by atoms with Crippen LogP contribution in [0.15, 0.2) is 41.6 Å². The molecule has 0 bridgehead atoms. The Labute approximate surface area is 157 Å². The van der Waals surface area contributed by atoms with Crippen molar-refractivity contribution in [2.75, 3.05) is 40.3 Å². The summed E-state index contributed by atoms with van der Waals surface area (Å²) in [5.74, 6) is 0.342. The van der Waals surface area contributed by atoms with Crippen LogP contribution in [0, 0.1) is 6.92 Å². The minimum absolute atomic E-state index is 0.212. The highest BCUT2D eigenvalue weighted by Crippen LogP contribution is 2.25. The largest absolute Gasteiger partial charge is 0.507 e. The molecule has 1 aliphatic heterocycles. The molecule has 0 amide bonds. The van der Waals surface area contributed by atoms with Crippen LogP contribution in [-0.4, -0.2) is 67.4 Å². The van der Waals surface area contributed by atoms with E-state index in [-0.39, 0.29) is 6.04 Å². The average molecular weight is 357 g/mol. The summed E-state index contributed by atoms with van der Waals surface area (Å²) in [5, 5.41) is 13.9. The predicted octanol–water partition coefficient (Wildman–Crippen LogP) is 2.54. The van der Waals surface area contributed by atoms with Crippen molar-refractivity contribution >= 4 is 6.21 Å². The van der Waals surface area contributed by atoms with Crippen LogP contribution in [-0.2, 0) is 6.54 Å². The zero-order valence-corrected chi connectivity index (χ0v) is 16.4. The van der Waals surface area contributed by atoms with Gasteiger partial charge in [-0.15, -0.1) is 0 Å². The summed E-state index contributed by atoms with van der Waals surface area (Å²) in [6, 6.07) is 4.27. The molecule has 0 aliphatic carbocycles. The topological polar surface area (TPSA) is 51.1 Å². The van der Waals surface area contributed by atoms with E-state index in [9.17, 15) is 5.11 Å². The molecule has 5 heteroatoms. The van der Waals surface area contributed by atoms with Crippen molar-refractivity contribution in [2.24, 2.45) is 4.99 Å². The molecule has 2 N–H and O–H groups in total. The predicted molar refractivity (Wildman–Crippen MR) is 110 cm³/mol. The van der Waals surface area contributed by atoms with Gasteiger partial charge in [-0.1, -0.05) is 25.1 Å². The second-order valence-electron chi connectivity index (χ2n) is 7.05. The van der Waals surface area contributed by atoms with Crippen molar-refractivity contribution in [1.29, 1.82) is 0 Å². The van der Waals surface area contributed by atoms with E-state index >= 15 is 0 Å². The Morgan fingerprint density at radius 2 is 2.04 bits per heavy atom. The van der Waals surface area contributed by atoms with Crippen molar-refractivity contribution in [3.8, 4) is 5.75 Å². The summed E-state index contributed by atoms with van der Waals surface area (Å²) >= 11 is 0. The van der Waals surface area contributed by atoms with Gasteiger partial charge in [-0.05, 0) is 51.5 Å². The number of nitrogens with zero attached hydrogens (tertiary/aromatic N) is 3. The standard InChI is InChI=1S/C21H32N4O/c1-5-25(11-10-24(3)4)16-19-13-17(2)12-18(21(19)26)14-22-15-20-8-6-7-9-23-20/h6-9,12-14,20,23,26H,5,10-11,15-16H2,1-4H3. The van der Waals surface area contributed by atoms with Gasteiger partial charge in [-0.2, -0.15) is 0 Å². The summed E-state index contributed by atoms with van der Waals surface area (Å²) in [6.07, 6.45) is 9.79. The third kappa shape index (κ3) is 6.32. The number of hydrogen-bond acceptors (Lipinski definition) is 5. The van der Waals surface area contributed by atoms with Crippen LogP contribution in [0.25, 0.3) is 0 Å². The van der Waals surface area contributed by atoms with Crippen LogP contribution < -0.4 is 5.32 Å². The fourth-order valence-corrected chi connectivity index (χ4v) is 2.90. The normalized spacial score (nSPS) is 16.8. The van der Waals surface area contributed by atoms with Crippen LogP contribution in [0.1, 0.15) is 23.6 Å². The maximum atomic E-state index is 10.7. The van der Waals surface area contributed by atoms with Crippen LogP contribution in [0.5, 0.6) is 5.75 Å².